The molecule has 2 rings (SSSR count). The minimum Gasteiger partial charge on any atom is -0.423 e. The number of amides is 1. The lowest BCUT2D eigenvalue weighted by atomic mass is 10.2. The summed E-state index contributed by atoms with van der Waals surface area (Å²) < 4.78 is 5.08. The average molecular weight is 343 g/mol. The number of hydrogen-bond donors (Lipinski definition) is 1. The van der Waals surface area contributed by atoms with Crippen LogP contribution in [0.15, 0.2) is 6.07 Å². The van der Waals surface area contributed by atoms with Gasteiger partial charge in [-0.05, 0) is 6.42 Å². The van der Waals surface area contributed by atoms with Crippen molar-refractivity contribution >= 4 is 58.3 Å². The van der Waals surface area contributed by atoms with Gasteiger partial charge in [-0.2, -0.15) is 0 Å². The number of nitrogens with one attached hydrogen (secondary N) is 1. The van der Waals surface area contributed by atoms with Crippen molar-refractivity contribution in [1.82, 2.24) is 5.32 Å². The summed E-state index contributed by atoms with van der Waals surface area (Å²) in [4.78, 5) is 22.8. The summed E-state index contributed by atoms with van der Waals surface area (Å²) >= 11 is 23.4. The van der Waals surface area contributed by atoms with Gasteiger partial charge in [0.2, 0.25) is 5.91 Å². The number of hydrogen-bond acceptors (Lipinski definition) is 3. The van der Waals surface area contributed by atoms with E-state index < -0.39 is 12.0 Å². The van der Waals surface area contributed by atoms with Crippen molar-refractivity contribution in [1.29, 1.82) is 0 Å². The van der Waals surface area contributed by atoms with Crippen LogP contribution in [-0.4, -0.2) is 17.9 Å². The van der Waals surface area contributed by atoms with Crippen molar-refractivity contribution in [3.8, 4) is 5.75 Å². The first-order chi connectivity index (χ1) is 8.90. The quantitative estimate of drug-likeness (QED) is 0.387. The summed E-state index contributed by atoms with van der Waals surface area (Å²) in [7, 11) is 0. The Hall–Kier alpha value is -0.680. The van der Waals surface area contributed by atoms with Crippen LogP contribution in [0, 0.1) is 0 Å². The Morgan fingerprint density at radius 2 is 1.89 bits per heavy atom. The van der Waals surface area contributed by atoms with E-state index in [2.05, 4.69) is 5.32 Å². The maximum absolute atomic E-state index is 11.8. The zero-order valence-corrected chi connectivity index (χ0v) is 12.3. The van der Waals surface area contributed by atoms with E-state index in [0.717, 1.165) is 0 Å². The SMILES string of the molecule is O=C1CC[C@@H](C(=O)Oc2cc(Cl)c(Cl)c(Cl)c2Cl)N1. The first-order valence-corrected chi connectivity index (χ1v) is 6.75. The molecule has 1 atom stereocenters. The Kier molecular flexibility index (Phi) is 4.46. The van der Waals surface area contributed by atoms with Crippen LogP contribution >= 0.6 is 46.4 Å². The molecule has 8 heteroatoms. The molecule has 1 fully saturated rings. The first-order valence-electron chi connectivity index (χ1n) is 5.24. The second-order valence-corrected chi connectivity index (χ2v) is 5.42. The molecule has 0 bridgehead atoms. The Morgan fingerprint density at radius 1 is 1.21 bits per heavy atom. The normalized spacial score (nSPS) is 18.3. The van der Waals surface area contributed by atoms with Gasteiger partial charge in [-0.25, -0.2) is 4.79 Å². The van der Waals surface area contributed by atoms with Crippen molar-refractivity contribution in [3.63, 3.8) is 0 Å². The van der Waals surface area contributed by atoms with E-state index >= 15 is 0 Å². The fraction of sp³-hybridized carbons (Fsp3) is 0.273. The monoisotopic (exact) mass is 341 g/mol. The zero-order chi connectivity index (χ0) is 14.2. The smallest absolute Gasteiger partial charge is 0.334 e. The molecule has 1 aliphatic heterocycles. The van der Waals surface area contributed by atoms with Crippen LogP contribution in [0.3, 0.4) is 0 Å². The Bertz CT molecular complexity index is 561. The summed E-state index contributed by atoms with van der Waals surface area (Å²) in [5, 5.41) is 2.69. The van der Waals surface area contributed by atoms with Crippen LogP contribution in [0.2, 0.25) is 20.1 Å². The highest BCUT2D eigenvalue weighted by Crippen LogP contribution is 2.42. The minimum atomic E-state index is -0.684. The van der Waals surface area contributed by atoms with Crippen LogP contribution in [-0.2, 0) is 9.59 Å². The van der Waals surface area contributed by atoms with Crippen molar-refractivity contribution in [2.75, 3.05) is 0 Å². The highest BCUT2D eigenvalue weighted by Gasteiger charge is 2.29. The summed E-state index contributed by atoms with van der Waals surface area (Å²) in [5.41, 5.74) is 0. The molecule has 1 amide bonds. The van der Waals surface area contributed by atoms with Crippen LogP contribution in [0.4, 0.5) is 0 Å². The van der Waals surface area contributed by atoms with E-state index in [-0.39, 0.29) is 38.2 Å². The summed E-state index contributed by atoms with van der Waals surface area (Å²) in [6.07, 6.45) is 0.667. The molecule has 1 saturated heterocycles. The standard InChI is InChI=1S/C11H7Cl4NO3/c12-4-3-6(9(14)10(15)8(4)13)19-11(18)5-1-2-7(17)16-5/h3,5H,1-2H2,(H,16,17)/t5-/m0/s1. The number of rotatable bonds is 2. The lowest BCUT2D eigenvalue weighted by molar-refractivity contribution is -0.137. The van der Waals surface area contributed by atoms with Gasteiger partial charge in [0.05, 0.1) is 15.1 Å². The fourth-order valence-electron chi connectivity index (χ4n) is 1.60. The van der Waals surface area contributed by atoms with Crippen LogP contribution in [0.5, 0.6) is 5.75 Å². The van der Waals surface area contributed by atoms with Gasteiger partial charge in [-0.15, -0.1) is 0 Å². The number of esters is 1. The molecule has 0 saturated carbocycles. The molecule has 0 radical (unpaired) electrons. The maximum atomic E-state index is 11.8. The van der Waals surface area contributed by atoms with Crippen molar-refractivity contribution in [2.45, 2.75) is 18.9 Å². The summed E-state index contributed by atoms with van der Waals surface area (Å²) in [6.45, 7) is 0. The second-order valence-electron chi connectivity index (χ2n) is 3.88. The van der Waals surface area contributed by atoms with E-state index in [9.17, 15) is 9.59 Å². The van der Waals surface area contributed by atoms with Crippen LogP contribution in [0.1, 0.15) is 12.8 Å². The predicted molar refractivity (Wildman–Crippen MR) is 73.3 cm³/mol. The molecule has 1 aromatic rings. The second kappa shape index (κ2) is 5.75. The lowest BCUT2D eigenvalue weighted by Crippen LogP contribution is -2.36. The molecule has 102 valence electrons. The van der Waals surface area contributed by atoms with E-state index in [1.807, 2.05) is 0 Å². The van der Waals surface area contributed by atoms with E-state index in [0.29, 0.717) is 6.42 Å². The Balaban J connectivity index is 2.20. The van der Waals surface area contributed by atoms with Gasteiger partial charge < -0.3 is 10.1 Å². The van der Waals surface area contributed by atoms with Crippen LogP contribution in [0.25, 0.3) is 0 Å². The average Bonchev–Trinajstić information content (AvgIpc) is 2.80. The first kappa shape index (κ1) is 14.7. The molecule has 0 unspecified atom stereocenters. The van der Waals surface area contributed by atoms with Gasteiger partial charge >= 0.3 is 5.97 Å². The third-order valence-corrected chi connectivity index (χ3v) is 4.29. The molecule has 0 spiro atoms. The van der Waals surface area contributed by atoms with Crippen LogP contribution < -0.4 is 10.1 Å². The topological polar surface area (TPSA) is 55.4 Å². The third kappa shape index (κ3) is 3.08. The number of carbonyl (C=O) groups is 2. The van der Waals surface area contributed by atoms with Gasteiger partial charge in [-0.1, -0.05) is 46.4 Å². The number of halogens is 4. The Labute approximate surface area is 128 Å². The van der Waals surface area contributed by atoms with E-state index in [4.69, 9.17) is 51.1 Å². The van der Waals surface area contributed by atoms with Gasteiger partial charge in [0.15, 0.2) is 5.75 Å². The maximum Gasteiger partial charge on any atom is 0.334 e. The van der Waals surface area contributed by atoms with Crippen molar-refractivity contribution in [2.24, 2.45) is 0 Å². The van der Waals surface area contributed by atoms with Gasteiger partial charge in [0, 0.05) is 12.5 Å². The Morgan fingerprint density at radius 3 is 2.47 bits per heavy atom. The minimum absolute atomic E-state index is 0.00580. The fourth-order valence-corrected chi connectivity index (χ4v) is 2.42. The highest BCUT2D eigenvalue weighted by atomic mass is 35.5. The van der Waals surface area contributed by atoms with Crippen molar-refractivity contribution in [3.05, 3.63) is 26.2 Å². The molecule has 1 aromatic carbocycles. The molecule has 1 N–H and O–H groups in total. The van der Waals surface area contributed by atoms with Crippen molar-refractivity contribution < 1.29 is 14.3 Å². The third-order valence-electron chi connectivity index (χ3n) is 2.56. The predicted octanol–water partition coefficient (Wildman–Crippen LogP) is 3.48. The van der Waals surface area contributed by atoms with Gasteiger partial charge in [-0.3, -0.25) is 4.79 Å². The zero-order valence-electron chi connectivity index (χ0n) is 9.31. The molecule has 19 heavy (non-hydrogen) atoms. The molecule has 4 nitrogen and oxygen atoms in total. The molecule has 1 heterocycles. The lowest BCUT2D eigenvalue weighted by Gasteiger charge is -2.12. The number of benzene rings is 1. The van der Waals surface area contributed by atoms with E-state index in [1.54, 1.807) is 0 Å². The van der Waals surface area contributed by atoms with Gasteiger partial charge in [0.1, 0.15) is 11.1 Å². The molecule has 0 aromatic heterocycles. The largest absolute Gasteiger partial charge is 0.423 e. The van der Waals surface area contributed by atoms with E-state index in [1.165, 1.54) is 6.07 Å². The highest BCUT2D eigenvalue weighted by molar-refractivity contribution is 6.52. The van der Waals surface area contributed by atoms with Gasteiger partial charge in [0.25, 0.3) is 0 Å². The summed E-state index contributed by atoms with van der Waals surface area (Å²) in [6, 6.07) is 0.615. The molecule has 1 aliphatic rings. The molecular formula is C11H7Cl4NO3. The molecular weight excluding hydrogens is 336 g/mol. The number of ether oxygens (including phenoxy) is 1. The summed E-state index contributed by atoms with van der Waals surface area (Å²) in [5.74, 6) is -0.811. The number of carbonyl (C=O) groups excluding carboxylic acids is 2. The molecule has 0 aliphatic carbocycles.